The van der Waals surface area contributed by atoms with Gasteiger partial charge in [-0.3, -0.25) is 9.59 Å². The van der Waals surface area contributed by atoms with Gasteiger partial charge < -0.3 is 20.3 Å². The summed E-state index contributed by atoms with van der Waals surface area (Å²) in [7, 11) is 0. The maximum absolute atomic E-state index is 13.2. The van der Waals surface area contributed by atoms with Crippen molar-refractivity contribution in [1.82, 2.24) is 5.32 Å². The van der Waals surface area contributed by atoms with E-state index in [4.69, 9.17) is 4.74 Å². The van der Waals surface area contributed by atoms with Gasteiger partial charge >= 0.3 is 5.97 Å². The highest BCUT2D eigenvalue weighted by Crippen LogP contribution is 2.18. The Balaban J connectivity index is 4.43. The van der Waals surface area contributed by atoms with E-state index in [0.717, 1.165) is 51.4 Å². The molecular formula is C52H101NO5. The number of ether oxygens (including phenoxy) is 1. The average Bonchev–Trinajstić information content (AvgIpc) is 3.22. The van der Waals surface area contributed by atoms with Crippen LogP contribution >= 0.6 is 0 Å². The van der Waals surface area contributed by atoms with Crippen molar-refractivity contribution in [3.05, 3.63) is 12.2 Å². The van der Waals surface area contributed by atoms with Crippen molar-refractivity contribution >= 4 is 11.9 Å². The summed E-state index contributed by atoms with van der Waals surface area (Å²) in [6, 6.07) is -0.695. The second-order valence-corrected chi connectivity index (χ2v) is 17.9. The van der Waals surface area contributed by atoms with Crippen LogP contribution in [0, 0.1) is 0 Å². The van der Waals surface area contributed by atoms with E-state index in [-0.39, 0.29) is 24.9 Å². The highest BCUT2D eigenvalue weighted by Gasteiger charge is 2.24. The number of aliphatic hydroxyl groups is 2. The number of aliphatic hydroxyl groups excluding tert-OH is 2. The van der Waals surface area contributed by atoms with Crippen LogP contribution in [0.15, 0.2) is 12.2 Å². The van der Waals surface area contributed by atoms with Crippen molar-refractivity contribution in [3.63, 3.8) is 0 Å². The molecule has 6 nitrogen and oxygen atoms in total. The van der Waals surface area contributed by atoms with Crippen molar-refractivity contribution in [2.24, 2.45) is 0 Å². The van der Waals surface area contributed by atoms with E-state index in [2.05, 4.69) is 38.2 Å². The molecule has 3 atom stereocenters. The van der Waals surface area contributed by atoms with Gasteiger partial charge in [0.15, 0.2) is 0 Å². The van der Waals surface area contributed by atoms with Crippen LogP contribution in [0.25, 0.3) is 0 Å². The van der Waals surface area contributed by atoms with Crippen LogP contribution in [0.3, 0.4) is 0 Å². The zero-order valence-corrected chi connectivity index (χ0v) is 39.2. The number of hydrogen-bond acceptors (Lipinski definition) is 5. The monoisotopic (exact) mass is 820 g/mol. The molecule has 6 heteroatoms. The van der Waals surface area contributed by atoms with Crippen molar-refractivity contribution in [1.29, 1.82) is 0 Å². The summed E-state index contributed by atoms with van der Waals surface area (Å²) in [5.74, 6) is -0.470. The fourth-order valence-electron chi connectivity index (χ4n) is 8.13. The lowest BCUT2D eigenvalue weighted by molar-refractivity contribution is -0.151. The van der Waals surface area contributed by atoms with Gasteiger partial charge in [0.25, 0.3) is 0 Å². The van der Waals surface area contributed by atoms with E-state index in [1.807, 2.05) is 0 Å². The minimum Gasteiger partial charge on any atom is -0.462 e. The van der Waals surface area contributed by atoms with E-state index in [1.165, 1.54) is 186 Å². The lowest BCUT2D eigenvalue weighted by Crippen LogP contribution is -2.46. The van der Waals surface area contributed by atoms with Gasteiger partial charge in [-0.2, -0.15) is 0 Å². The molecule has 3 unspecified atom stereocenters. The molecule has 1 amide bonds. The molecule has 0 rings (SSSR count). The molecule has 0 heterocycles. The van der Waals surface area contributed by atoms with Gasteiger partial charge in [-0.1, -0.05) is 232 Å². The molecule has 0 aromatic heterocycles. The molecule has 58 heavy (non-hydrogen) atoms. The van der Waals surface area contributed by atoms with Crippen LogP contribution in [-0.2, 0) is 14.3 Å². The summed E-state index contributed by atoms with van der Waals surface area (Å²) >= 11 is 0. The summed E-state index contributed by atoms with van der Waals surface area (Å²) < 4.78 is 5.92. The predicted octanol–water partition coefficient (Wildman–Crippen LogP) is 15.3. The molecule has 0 radical (unpaired) electrons. The minimum atomic E-state index is -0.782. The molecule has 0 aliphatic heterocycles. The first-order valence-corrected chi connectivity index (χ1v) is 25.9. The van der Waals surface area contributed by atoms with Crippen LogP contribution in [0.1, 0.15) is 284 Å². The molecule has 0 aliphatic rings. The van der Waals surface area contributed by atoms with E-state index < -0.39 is 18.2 Å². The number of unbranched alkanes of at least 4 members (excludes halogenated alkanes) is 33. The predicted molar refractivity (Wildman–Crippen MR) is 250 cm³/mol. The Morgan fingerprint density at radius 1 is 0.483 bits per heavy atom. The maximum atomic E-state index is 13.2. The summed E-state index contributed by atoms with van der Waals surface area (Å²) in [5.41, 5.74) is 0. The third-order valence-electron chi connectivity index (χ3n) is 12.1. The van der Waals surface area contributed by atoms with Gasteiger partial charge in [-0.15, -0.1) is 0 Å². The van der Waals surface area contributed by atoms with Crippen molar-refractivity contribution < 1.29 is 24.5 Å². The molecule has 0 aromatic rings. The molecule has 0 bridgehead atoms. The Morgan fingerprint density at radius 2 is 0.828 bits per heavy atom. The van der Waals surface area contributed by atoms with Crippen LogP contribution in [0.5, 0.6) is 0 Å². The summed E-state index contributed by atoms with van der Waals surface area (Å²) in [6.07, 6.45) is 51.3. The van der Waals surface area contributed by atoms with Gasteiger partial charge in [-0.25, -0.2) is 0 Å². The topological polar surface area (TPSA) is 95.9 Å². The first-order valence-electron chi connectivity index (χ1n) is 25.9. The quantitative estimate of drug-likeness (QED) is 0.0323. The Hall–Kier alpha value is -1.40. The number of hydrogen-bond donors (Lipinski definition) is 3. The Kier molecular flexibility index (Phi) is 45.5. The molecule has 0 fully saturated rings. The second kappa shape index (κ2) is 46.7. The zero-order chi connectivity index (χ0) is 42.4. The van der Waals surface area contributed by atoms with Crippen molar-refractivity contribution in [2.75, 3.05) is 6.61 Å². The number of carbonyl (C=O) groups is 2. The number of amides is 1. The Morgan fingerprint density at radius 3 is 1.22 bits per heavy atom. The third kappa shape index (κ3) is 41.3. The van der Waals surface area contributed by atoms with Crippen LogP contribution in [0.2, 0.25) is 0 Å². The van der Waals surface area contributed by atoms with E-state index >= 15 is 0 Å². The van der Waals surface area contributed by atoms with Gasteiger partial charge in [0.2, 0.25) is 5.91 Å². The molecule has 0 aliphatic carbocycles. The SMILES string of the molecule is CCCCCCCCC/C=C/CCCCCCCC(=O)OC(CCCCCCCCCCC)CC(=O)NC(CO)C(O)CCCCCCCCCCCCCCCC. The van der Waals surface area contributed by atoms with Crippen LogP contribution in [-0.4, -0.2) is 46.9 Å². The standard InChI is InChI=1S/C52H101NO5/c1-4-7-10-13-16-19-21-23-25-26-28-30-33-36-39-42-45-52(57)58-48(43-40-37-34-31-18-15-12-9-6-3)46-51(56)53-49(47-54)50(55)44-41-38-35-32-29-27-24-22-20-17-14-11-8-5-2/h25-26,48-50,54-55H,4-24,27-47H2,1-3H3,(H,53,56)/b26-25+. The minimum absolute atomic E-state index is 0.0807. The highest BCUT2D eigenvalue weighted by molar-refractivity contribution is 5.77. The Bertz CT molecular complexity index is 878. The van der Waals surface area contributed by atoms with Crippen molar-refractivity contribution in [3.8, 4) is 0 Å². The summed E-state index contributed by atoms with van der Waals surface area (Å²) in [6.45, 7) is 6.49. The summed E-state index contributed by atoms with van der Waals surface area (Å²) in [5, 5.41) is 23.7. The number of rotatable bonds is 47. The molecule has 3 N–H and O–H groups in total. The van der Waals surface area contributed by atoms with Gasteiger partial charge in [0, 0.05) is 6.42 Å². The third-order valence-corrected chi connectivity index (χ3v) is 12.1. The smallest absolute Gasteiger partial charge is 0.306 e. The number of nitrogens with one attached hydrogen (secondary N) is 1. The lowest BCUT2D eigenvalue weighted by Gasteiger charge is -2.24. The van der Waals surface area contributed by atoms with E-state index in [9.17, 15) is 19.8 Å². The van der Waals surface area contributed by atoms with Crippen LogP contribution < -0.4 is 5.32 Å². The molecule has 0 aromatic carbocycles. The fourth-order valence-corrected chi connectivity index (χ4v) is 8.13. The van der Waals surface area contributed by atoms with E-state index in [0.29, 0.717) is 19.3 Å². The largest absolute Gasteiger partial charge is 0.462 e. The zero-order valence-electron chi connectivity index (χ0n) is 39.2. The van der Waals surface area contributed by atoms with Gasteiger partial charge in [-0.05, 0) is 51.4 Å². The van der Waals surface area contributed by atoms with Crippen LogP contribution in [0.4, 0.5) is 0 Å². The van der Waals surface area contributed by atoms with E-state index in [1.54, 1.807) is 0 Å². The lowest BCUT2D eigenvalue weighted by atomic mass is 10.0. The first kappa shape index (κ1) is 56.6. The maximum Gasteiger partial charge on any atom is 0.306 e. The van der Waals surface area contributed by atoms with Gasteiger partial charge in [0.1, 0.15) is 6.10 Å². The average molecular weight is 820 g/mol. The number of carbonyl (C=O) groups excluding carboxylic acids is 2. The molecule has 0 spiro atoms. The summed E-state index contributed by atoms with van der Waals surface area (Å²) in [4.78, 5) is 26.1. The first-order chi connectivity index (χ1) is 28.5. The molecular weight excluding hydrogens is 719 g/mol. The van der Waals surface area contributed by atoms with Crippen molar-refractivity contribution in [2.45, 2.75) is 302 Å². The fraction of sp³-hybridized carbons (Fsp3) is 0.923. The number of allylic oxidation sites excluding steroid dienone is 2. The van der Waals surface area contributed by atoms with Gasteiger partial charge in [0.05, 0.1) is 25.2 Å². The molecule has 344 valence electrons. The second-order valence-electron chi connectivity index (χ2n) is 17.9. The number of esters is 1. The molecule has 0 saturated heterocycles. The highest BCUT2D eigenvalue weighted by atomic mass is 16.5. The molecule has 0 saturated carbocycles. The Labute approximate surface area is 361 Å². The normalized spacial score (nSPS) is 13.3.